The maximum Gasteiger partial charge on any atom is 0.216 e. The molecular formula is C12H18ClNO2S. The first-order chi connectivity index (χ1) is 7.80. The first-order valence-electron chi connectivity index (χ1n) is 5.54. The van der Waals surface area contributed by atoms with Crippen molar-refractivity contribution in [1.29, 1.82) is 0 Å². The molecule has 0 aliphatic heterocycles. The van der Waals surface area contributed by atoms with E-state index in [1.54, 1.807) is 24.3 Å². The van der Waals surface area contributed by atoms with Gasteiger partial charge in [0.25, 0.3) is 0 Å². The van der Waals surface area contributed by atoms with Gasteiger partial charge in [-0.05, 0) is 30.5 Å². The van der Waals surface area contributed by atoms with Crippen LogP contribution in [0.3, 0.4) is 0 Å². The Hall–Kier alpha value is -0.580. The smallest absolute Gasteiger partial charge is 0.212 e. The van der Waals surface area contributed by atoms with E-state index in [9.17, 15) is 8.42 Å². The number of nitrogens with one attached hydrogen (secondary N) is 1. The molecule has 0 saturated carbocycles. The zero-order valence-corrected chi connectivity index (χ0v) is 11.8. The van der Waals surface area contributed by atoms with Crippen LogP contribution in [0.5, 0.6) is 0 Å². The Morgan fingerprint density at radius 2 is 1.71 bits per heavy atom. The standard InChI is InChI=1S/C12H18ClNO2S/c1-9(2)10(3)14-17(15,16)8-11-4-6-12(13)7-5-11/h4-7,9-10,14H,8H2,1-3H3/t10-/m1/s1. The third-order valence-electron chi connectivity index (χ3n) is 2.64. The minimum atomic E-state index is -3.28. The Bertz CT molecular complexity index is 454. The molecule has 1 aromatic rings. The molecule has 0 aromatic heterocycles. The fraction of sp³-hybridized carbons (Fsp3) is 0.500. The monoisotopic (exact) mass is 275 g/mol. The second-order valence-electron chi connectivity index (χ2n) is 4.54. The molecule has 0 spiro atoms. The normalized spacial score (nSPS) is 13.9. The Morgan fingerprint density at radius 3 is 2.18 bits per heavy atom. The third kappa shape index (κ3) is 5.06. The highest BCUT2D eigenvalue weighted by atomic mass is 35.5. The summed E-state index contributed by atoms with van der Waals surface area (Å²) in [6, 6.07) is 6.77. The number of halogens is 1. The fourth-order valence-corrected chi connectivity index (χ4v) is 2.94. The molecule has 0 aliphatic carbocycles. The maximum atomic E-state index is 11.9. The first kappa shape index (κ1) is 14.5. The van der Waals surface area contributed by atoms with Crippen LogP contribution in [0.2, 0.25) is 5.02 Å². The minimum absolute atomic E-state index is 0.0127. The van der Waals surface area contributed by atoms with Crippen molar-refractivity contribution in [1.82, 2.24) is 4.72 Å². The van der Waals surface area contributed by atoms with Gasteiger partial charge in [0.05, 0.1) is 5.75 Å². The van der Waals surface area contributed by atoms with Gasteiger partial charge in [-0.2, -0.15) is 0 Å². The van der Waals surface area contributed by atoms with Crippen molar-refractivity contribution in [3.05, 3.63) is 34.9 Å². The maximum absolute atomic E-state index is 11.9. The lowest BCUT2D eigenvalue weighted by Crippen LogP contribution is -2.36. The molecule has 0 aliphatic rings. The SMILES string of the molecule is CC(C)[C@@H](C)NS(=O)(=O)Cc1ccc(Cl)cc1. The summed E-state index contributed by atoms with van der Waals surface area (Å²) in [6.07, 6.45) is 0. The summed E-state index contributed by atoms with van der Waals surface area (Å²) in [4.78, 5) is 0. The highest BCUT2D eigenvalue weighted by Crippen LogP contribution is 2.12. The molecule has 0 unspecified atom stereocenters. The molecule has 17 heavy (non-hydrogen) atoms. The molecule has 5 heteroatoms. The van der Waals surface area contributed by atoms with Gasteiger partial charge in [0.2, 0.25) is 10.0 Å². The first-order valence-corrected chi connectivity index (χ1v) is 7.57. The van der Waals surface area contributed by atoms with Crippen LogP contribution >= 0.6 is 11.6 Å². The van der Waals surface area contributed by atoms with E-state index in [1.807, 2.05) is 20.8 Å². The van der Waals surface area contributed by atoms with Crippen LogP contribution in [-0.4, -0.2) is 14.5 Å². The summed E-state index contributed by atoms with van der Waals surface area (Å²) >= 11 is 5.74. The highest BCUT2D eigenvalue weighted by molar-refractivity contribution is 7.88. The minimum Gasteiger partial charge on any atom is -0.212 e. The highest BCUT2D eigenvalue weighted by Gasteiger charge is 2.17. The molecule has 1 atom stereocenters. The van der Waals surface area contributed by atoms with E-state index in [4.69, 9.17) is 11.6 Å². The van der Waals surface area contributed by atoms with Gasteiger partial charge in [-0.15, -0.1) is 0 Å². The zero-order valence-electron chi connectivity index (χ0n) is 10.3. The lowest BCUT2D eigenvalue weighted by atomic mass is 10.1. The Labute approximate surface area is 108 Å². The van der Waals surface area contributed by atoms with E-state index in [0.717, 1.165) is 5.56 Å². The Kier molecular flexibility index (Phi) is 4.98. The van der Waals surface area contributed by atoms with Crippen LogP contribution in [-0.2, 0) is 15.8 Å². The number of hydrogen-bond donors (Lipinski definition) is 1. The van der Waals surface area contributed by atoms with E-state index in [-0.39, 0.29) is 17.7 Å². The van der Waals surface area contributed by atoms with Gasteiger partial charge in [0.15, 0.2) is 0 Å². The van der Waals surface area contributed by atoms with Crippen molar-refractivity contribution in [2.24, 2.45) is 5.92 Å². The molecule has 0 saturated heterocycles. The number of hydrogen-bond acceptors (Lipinski definition) is 2. The molecule has 96 valence electrons. The van der Waals surface area contributed by atoms with E-state index in [1.165, 1.54) is 0 Å². The van der Waals surface area contributed by atoms with Crippen molar-refractivity contribution in [3.8, 4) is 0 Å². The molecule has 1 N–H and O–H groups in total. The van der Waals surface area contributed by atoms with Crippen LogP contribution in [0.15, 0.2) is 24.3 Å². The average Bonchev–Trinajstić information content (AvgIpc) is 2.20. The number of rotatable bonds is 5. The summed E-state index contributed by atoms with van der Waals surface area (Å²) in [5.41, 5.74) is 0.734. The Balaban J connectivity index is 2.70. The lowest BCUT2D eigenvalue weighted by molar-refractivity contribution is 0.476. The van der Waals surface area contributed by atoms with E-state index >= 15 is 0 Å². The predicted octanol–water partition coefficient (Wildman–Crippen LogP) is 2.80. The second-order valence-corrected chi connectivity index (χ2v) is 6.73. The van der Waals surface area contributed by atoms with E-state index in [2.05, 4.69) is 4.72 Å². The predicted molar refractivity (Wildman–Crippen MR) is 71.5 cm³/mol. The van der Waals surface area contributed by atoms with Gasteiger partial charge in [-0.25, -0.2) is 13.1 Å². The quantitative estimate of drug-likeness (QED) is 0.898. The van der Waals surface area contributed by atoms with Gasteiger partial charge in [-0.1, -0.05) is 37.6 Å². The summed E-state index contributed by atoms with van der Waals surface area (Å²) < 4.78 is 26.4. The third-order valence-corrected chi connectivity index (χ3v) is 4.33. The van der Waals surface area contributed by atoms with Crippen LogP contribution in [0.25, 0.3) is 0 Å². The molecule has 1 rings (SSSR count). The molecule has 3 nitrogen and oxygen atoms in total. The van der Waals surface area contributed by atoms with Crippen LogP contribution < -0.4 is 4.72 Å². The second kappa shape index (κ2) is 5.85. The molecule has 0 bridgehead atoms. The van der Waals surface area contributed by atoms with Crippen molar-refractivity contribution < 1.29 is 8.42 Å². The number of benzene rings is 1. The number of sulfonamides is 1. The van der Waals surface area contributed by atoms with Crippen LogP contribution in [0.1, 0.15) is 26.3 Å². The summed E-state index contributed by atoms with van der Waals surface area (Å²) in [5, 5.41) is 0.606. The van der Waals surface area contributed by atoms with Crippen molar-refractivity contribution in [2.45, 2.75) is 32.6 Å². The summed E-state index contributed by atoms with van der Waals surface area (Å²) in [5.74, 6) is 0.260. The van der Waals surface area contributed by atoms with Crippen molar-refractivity contribution in [2.75, 3.05) is 0 Å². The van der Waals surface area contributed by atoms with Gasteiger partial charge < -0.3 is 0 Å². The Morgan fingerprint density at radius 1 is 1.18 bits per heavy atom. The largest absolute Gasteiger partial charge is 0.216 e. The van der Waals surface area contributed by atoms with Gasteiger partial charge >= 0.3 is 0 Å². The molecule has 0 fully saturated rings. The molecule has 0 radical (unpaired) electrons. The molecule has 0 amide bonds. The molecule has 1 aromatic carbocycles. The zero-order chi connectivity index (χ0) is 13.1. The van der Waals surface area contributed by atoms with Crippen molar-refractivity contribution in [3.63, 3.8) is 0 Å². The lowest BCUT2D eigenvalue weighted by Gasteiger charge is -2.17. The summed E-state index contributed by atoms with van der Waals surface area (Å²) in [6.45, 7) is 5.83. The fourth-order valence-electron chi connectivity index (χ4n) is 1.26. The van der Waals surface area contributed by atoms with E-state index in [0.29, 0.717) is 5.02 Å². The molecule has 0 heterocycles. The van der Waals surface area contributed by atoms with Crippen LogP contribution in [0.4, 0.5) is 0 Å². The van der Waals surface area contributed by atoms with Crippen LogP contribution in [0, 0.1) is 5.92 Å². The van der Waals surface area contributed by atoms with Crippen molar-refractivity contribution >= 4 is 21.6 Å². The van der Waals surface area contributed by atoms with Gasteiger partial charge in [0, 0.05) is 11.1 Å². The molecular weight excluding hydrogens is 258 g/mol. The topological polar surface area (TPSA) is 46.2 Å². The average molecular weight is 276 g/mol. The summed E-state index contributed by atoms with van der Waals surface area (Å²) in [7, 11) is -3.28. The van der Waals surface area contributed by atoms with E-state index < -0.39 is 10.0 Å². The van der Waals surface area contributed by atoms with Gasteiger partial charge in [0.1, 0.15) is 0 Å². The van der Waals surface area contributed by atoms with Gasteiger partial charge in [-0.3, -0.25) is 0 Å².